The van der Waals surface area contributed by atoms with Crippen LogP contribution in [0.4, 0.5) is 0 Å². The summed E-state index contributed by atoms with van der Waals surface area (Å²) in [6.07, 6.45) is 5.33. The smallest absolute Gasteiger partial charge is 0.0547 e. The van der Waals surface area contributed by atoms with Crippen molar-refractivity contribution in [1.82, 2.24) is 15.2 Å². The van der Waals surface area contributed by atoms with Crippen molar-refractivity contribution >= 4 is 0 Å². The molecule has 1 N–H and O–H groups in total. The molecule has 1 aromatic heterocycles. The van der Waals surface area contributed by atoms with E-state index < -0.39 is 0 Å². The molecular formula is C18H31N3. The molecule has 1 aliphatic rings. The molecule has 2 heterocycles. The second-order valence-electron chi connectivity index (χ2n) is 7.25. The van der Waals surface area contributed by atoms with Gasteiger partial charge >= 0.3 is 0 Å². The SMILES string of the molecule is CCC1CCCCN1Cc1cccc(CNC(C)(C)C)n1. The number of nitrogens with zero attached hydrogens (tertiary/aromatic N) is 2. The highest BCUT2D eigenvalue weighted by molar-refractivity contribution is 5.11. The van der Waals surface area contributed by atoms with Gasteiger partial charge in [-0.25, -0.2) is 0 Å². The first-order valence-electron chi connectivity index (χ1n) is 8.42. The third-order valence-electron chi connectivity index (χ3n) is 4.25. The van der Waals surface area contributed by atoms with Crippen molar-refractivity contribution in [2.45, 2.75) is 78.0 Å². The highest BCUT2D eigenvalue weighted by Gasteiger charge is 2.21. The minimum absolute atomic E-state index is 0.137. The minimum atomic E-state index is 0.137. The Hall–Kier alpha value is -0.930. The molecule has 1 unspecified atom stereocenters. The van der Waals surface area contributed by atoms with Crippen molar-refractivity contribution in [3.63, 3.8) is 0 Å². The number of nitrogens with one attached hydrogen (secondary N) is 1. The van der Waals surface area contributed by atoms with Crippen molar-refractivity contribution in [2.75, 3.05) is 6.54 Å². The first-order chi connectivity index (χ1) is 9.98. The van der Waals surface area contributed by atoms with Crippen LogP contribution in [0.5, 0.6) is 0 Å². The average molecular weight is 289 g/mol. The van der Waals surface area contributed by atoms with Crippen molar-refractivity contribution in [2.24, 2.45) is 0 Å². The van der Waals surface area contributed by atoms with E-state index in [9.17, 15) is 0 Å². The van der Waals surface area contributed by atoms with Crippen LogP contribution in [0, 0.1) is 0 Å². The Balaban J connectivity index is 1.97. The maximum atomic E-state index is 4.83. The van der Waals surface area contributed by atoms with Gasteiger partial charge in [-0.3, -0.25) is 9.88 Å². The fourth-order valence-corrected chi connectivity index (χ4v) is 3.01. The van der Waals surface area contributed by atoms with Crippen LogP contribution < -0.4 is 5.32 Å². The van der Waals surface area contributed by atoms with Gasteiger partial charge in [-0.15, -0.1) is 0 Å². The fourth-order valence-electron chi connectivity index (χ4n) is 3.01. The van der Waals surface area contributed by atoms with Crippen LogP contribution in [0.3, 0.4) is 0 Å². The maximum absolute atomic E-state index is 4.83. The van der Waals surface area contributed by atoms with E-state index in [1.165, 1.54) is 37.9 Å². The molecule has 0 aliphatic carbocycles. The van der Waals surface area contributed by atoms with E-state index in [-0.39, 0.29) is 5.54 Å². The Morgan fingerprint density at radius 1 is 1.24 bits per heavy atom. The Morgan fingerprint density at radius 3 is 2.71 bits per heavy atom. The van der Waals surface area contributed by atoms with Crippen LogP contribution in [-0.4, -0.2) is 28.0 Å². The van der Waals surface area contributed by atoms with E-state index >= 15 is 0 Å². The summed E-state index contributed by atoms with van der Waals surface area (Å²) < 4.78 is 0. The molecule has 0 amide bonds. The van der Waals surface area contributed by atoms with Gasteiger partial charge in [0.1, 0.15) is 0 Å². The largest absolute Gasteiger partial charge is 0.306 e. The summed E-state index contributed by atoms with van der Waals surface area (Å²) >= 11 is 0. The van der Waals surface area contributed by atoms with Gasteiger partial charge in [0.25, 0.3) is 0 Å². The Bertz CT molecular complexity index is 436. The zero-order valence-electron chi connectivity index (χ0n) is 14.2. The molecule has 0 saturated carbocycles. The predicted octanol–water partition coefficient (Wildman–Crippen LogP) is 3.73. The van der Waals surface area contributed by atoms with Crippen LogP contribution in [-0.2, 0) is 13.1 Å². The van der Waals surface area contributed by atoms with Gasteiger partial charge in [0.15, 0.2) is 0 Å². The first kappa shape index (κ1) is 16.4. The van der Waals surface area contributed by atoms with Crippen LogP contribution in [0.25, 0.3) is 0 Å². The summed E-state index contributed by atoms with van der Waals surface area (Å²) in [5.74, 6) is 0. The molecule has 0 aromatic carbocycles. The van der Waals surface area contributed by atoms with E-state index in [1.54, 1.807) is 0 Å². The number of likely N-dealkylation sites (tertiary alicyclic amines) is 1. The van der Waals surface area contributed by atoms with Crippen LogP contribution in [0.1, 0.15) is 64.8 Å². The zero-order chi connectivity index (χ0) is 15.3. The third kappa shape index (κ3) is 5.40. The highest BCUT2D eigenvalue weighted by atomic mass is 15.2. The van der Waals surface area contributed by atoms with Gasteiger partial charge < -0.3 is 5.32 Å². The van der Waals surface area contributed by atoms with E-state index in [0.717, 1.165) is 24.8 Å². The number of pyridine rings is 1. The molecule has 21 heavy (non-hydrogen) atoms. The van der Waals surface area contributed by atoms with Gasteiger partial charge in [-0.1, -0.05) is 19.4 Å². The molecule has 0 radical (unpaired) electrons. The lowest BCUT2D eigenvalue weighted by Crippen LogP contribution is -2.38. The van der Waals surface area contributed by atoms with Gasteiger partial charge in [0.2, 0.25) is 0 Å². The predicted molar refractivity (Wildman–Crippen MR) is 89.2 cm³/mol. The van der Waals surface area contributed by atoms with Gasteiger partial charge in [0, 0.05) is 24.7 Å². The number of rotatable bonds is 5. The van der Waals surface area contributed by atoms with Gasteiger partial charge in [0.05, 0.1) is 11.4 Å². The summed E-state index contributed by atoms with van der Waals surface area (Å²) in [4.78, 5) is 7.45. The van der Waals surface area contributed by atoms with Gasteiger partial charge in [-0.05, 0) is 58.7 Å². The molecular weight excluding hydrogens is 258 g/mol. The minimum Gasteiger partial charge on any atom is -0.306 e. The normalized spacial score (nSPS) is 20.7. The number of aromatic nitrogens is 1. The van der Waals surface area contributed by atoms with Crippen LogP contribution in [0.2, 0.25) is 0 Å². The Morgan fingerprint density at radius 2 is 2.00 bits per heavy atom. The summed E-state index contributed by atoms with van der Waals surface area (Å²) in [7, 11) is 0. The molecule has 3 heteroatoms. The number of hydrogen-bond donors (Lipinski definition) is 1. The summed E-state index contributed by atoms with van der Waals surface area (Å²) in [6.45, 7) is 11.9. The molecule has 3 nitrogen and oxygen atoms in total. The van der Waals surface area contributed by atoms with E-state index in [2.05, 4.69) is 56.1 Å². The topological polar surface area (TPSA) is 28.2 Å². The van der Waals surface area contributed by atoms with Crippen LogP contribution >= 0.6 is 0 Å². The van der Waals surface area contributed by atoms with Crippen molar-refractivity contribution in [3.05, 3.63) is 29.6 Å². The van der Waals surface area contributed by atoms with E-state index in [1.807, 2.05) is 0 Å². The molecule has 1 atom stereocenters. The van der Waals surface area contributed by atoms with E-state index in [0.29, 0.717) is 0 Å². The monoisotopic (exact) mass is 289 g/mol. The maximum Gasteiger partial charge on any atom is 0.0547 e. The second-order valence-corrected chi connectivity index (χ2v) is 7.25. The molecule has 1 aliphatic heterocycles. The molecule has 1 saturated heterocycles. The Labute approximate surface area is 130 Å². The summed E-state index contributed by atoms with van der Waals surface area (Å²) in [5, 5.41) is 3.51. The van der Waals surface area contributed by atoms with Crippen molar-refractivity contribution in [1.29, 1.82) is 0 Å². The summed E-state index contributed by atoms with van der Waals surface area (Å²) in [6, 6.07) is 7.18. The highest BCUT2D eigenvalue weighted by Crippen LogP contribution is 2.21. The standard InChI is InChI=1S/C18H31N3/c1-5-17-11-6-7-12-21(17)14-16-10-8-9-15(20-16)13-19-18(2,3)4/h8-10,17,19H,5-7,11-14H2,1-4H3. The molecule has 1 aromatic rings. The van der Waals surface area contributed by atoms with Crippen LogP contribution in [0.15, 0.2) is 18.2 Å². The van der Waals surface area contributed by atoms with Crippen molar-refractivity contribution in [3.8, 4) is 0 Å². The molecule has 2 rings (SSSR count). The fraction of sp³-hybridized carbons (Fsp3) is 0.722. The van der Waals surface area contributed by atoms with Crippen molar-refractivity contribution < 1.29 is 0 Å². The third-order valence-corrected chi connectivity index (χ3v) is 4.25. The Kier molecular flexibility index (Phi) is 5.77. The molecule has 1 fully saturated rings. The lowest BCUT2D eigenvalue weighted by Gasteiger charge is -2.35. The van der Waals surface area contributed by atoms with Gasteiger partial charge in [-0.2, -0.15) is 0 Å². The molecule has 0 spiro atoms. The average Bonchev–Trinajstić information content (AvgIpc) is 2.45. The lowest BCUT2D eigenvalue weighted by molar-refractivity contribution is 0.134. The van der Waals surface area contributed by atoms with E-state index in [4.69, 9.17) is 4.98 Å². The zero-order valence-corrected chi connectivity index (χ0v) is 14.2. The molecule has 118 valence electrons. The number of piperidine rings is 1. The quantitative estimate of drug-likeness (QED) is 0.895. The molecule has 0 bridgehead atoms. The summed E-state index contributed by atoms with van der Waals surface area (Å²) in [5.41, 5.74) is 2.49. The number of hydrogen-bond acceptors (Lipinski definition) is 3. The first-order valence-corrected chi connectivity index (χ1v) is 8.42. The second kappa shape index (κ2) is 7.37. The lowest BCUT2D eigenvalue weighted by atomic mass is 10.00.